The van der Waals surface area contributed by atoms with Crippen molar-refractivity contribution in [3.05, 3.63) is 47.6 Å². The van der Waals surface area contributed by atoms with Gasteiger partial charge in [-0.05, 0) is 114 Å². The molecule has 3 heterocycles. The molecule has 1 aliphatic carbocycles. The third kappa shape index (κ3) is 16.3. The number of rotatable bonds is 11. The van der Waals surface area contributed by atoms with Gasteiger partial charge in [0, 0.05) is 65.1 Å². The van der Waals surface area contributed by atoms with E-state index in [0.717, 1.165) is 18.4 Å². The summed E-state index contributed by atoms with van der Waals surface area (Å²) in [5.74, 6) is -7.83. The summed E-state index contributed by atoms with van der Waals surface area (Å²) in [4.78, 5) is 72.4. The van der Waals surface area contributed by atoms with Gasteiger partial charge in [-0.15, -0.1) is 0 Å². The Labute approximate surface area is 418 Å². The van der Waals surface area contributed by atoms with Crippen molar-refractivity contribution >= 4 is 29.2 Å². The van der Waals surface area contributed by atoms with Crippen LogP contribution in [-0.2, 0) is 57.1 Å². The van der Waals surface area contributed by atoms with Crippen LogP contribution in [0.2, 0.25) is 0 Å². The van der Waals surface area contributed by atoms with Crippen molar-refractivity contribution < 1.29 is 67.3 Å². The van der Waals surface area contributed by atoms with Crippen LogP contribution in [-0.4, -0.2) is 147 Å². The van der Waals surface area contributed by atoms with E-state index in [-0.39, 0.29) is 60.9 Å². The Bertz CT molecular complexity index is 1840. The minimum atomic E-state index is -2.43. The van der Waals surface area contributed by atoms with E-state index in [0.29, 0.717) is 76.8 Å². The lowest BCUT2D eigenvalue weighted by atomic mass is 9.78. The summed E-state index contributed by atoms with van der Waals surface area (Å²) in [6.45, 7) is 16.4. The number of fused-ring (bicyclic) bond motifs is 3. The van der Waals surface area contributed by atoms with Gasteiger partial charge in [0.05, 0.1) is 37.6 Å². The van der Waals surface area contributed by atoms with E-state index in [2.05, 4.69) is 0 Å². The van der Waals surface area contributed by atoms with Crippen LogP contribution in [0.25, 0.3) is 0 Å². The summed E-state index contributed by atoms with van der Waals surface area (Å²) in [5, 5.41) is 23.5. The Hall–Kier alpha value is -3.41. The first kappa shape index (κ1) is 59.2. The van der Waals surface area contributed by atoms with E-state index in [9.17, 15) is 34.2 Å². The van der Waals surface area contributed by atoms with Crippen LogP contribution < -0.4 is 0 Å². The van der Waals surface area contributed by atoms with Crippen LogP contribution in [0.1, 0.15) is 132 Å². The van der Waals surface area contributed by atoms with Crippen LogP contribution in [0.3, 0.4) is 0 Å². The summed E-state index contributed by atoms with van der Waals surface area (Å²) in [6.07, 6.45) is 12.4. The molecule has 396 valence electrons. The Morgan fingerprint density at radius 3 is 2.27 bits per heavy atom. The van der Waals surface area contributed by atoms with Crippen molar-refractivity contribution in [2.45, 2.75) is 187 Å². The van der Waals surface area contributed by atoms with Crippen molar-refractivity contribution in [2.24, 2.45) is 35.5 Å². The predicted molar refractivity (Wildman–Crippen MR) is 265 cm³/mol. The molecule has 1 saturated carbocycles. The highest BCUT2D eigenvalue weighted by molar-refractivity contribution is 6.39. The molecule has 70 heavy (non-hydrogen) atoms. The van der Waals surface area contributed by atoms with Crippen molar-refractivity contribution in [3.63, 3.8) is 0 Å². The standard InChI is InChI=1S/C55H87NO14/c1-12-67-26-27-68-45-24-22-41(31-48(45)65-10)30-37(5)47-33-44(57)36(4)29-39(7)50(59)51(66-11)49(58)38(6)28-34(2)18-14-13-15-19-35(3)46(64-9)32-42-23-21-40(8)55(63,70-42)52(60)53(61)56-25-17-16-20-43(56)54(62)69-47/h13-15,18-19,29,34,36-38,40-43,45-48,50-51,59,63H,12,16-17,20-28,30-33H2,1-11H3/b15-13+,18-14+,35-19+,39-29+/t34-,36-,37-,38-,40-,41+,42+,43?,45-,46?,47+,48-,50-,51+,55-/m1/s1. The molecule has 15 nitrogen and oxygen atoms in total. The van der Waals surface area contributed by atoms with Crippen molar-refractivity contribution in [1.29, 1.82) is 0 Å². The van der Waals surface area contributed by atoms with E-state index in [1.165, 1.54) is 12.0 Å². The molecule has 0 radical (unpaired) electrons. The molecular formula is C55H87NO14. The number of hydrogen-bond acceptors (Lipinski definition) is 14. The van der Waals surface area contributed by atoms with E-state index in [1.54, 1.807) is 41.1 Å². The molecule has 0 aromatic heterocycles. The molecule has 2 unspecified atom stereocenters. The normalized spacial score (nSPS) is 38.4. The van der Waals surface area contributed by atoms with Crippen molar-refractivity contribution in [1.82, 2.24) is 4.90 Å². The number of piperidine rings is 1. The lowest BCUT2D eigenvalue weighted by molar-refractivity contribution is -0.265. The summed E-state index contributed by atoms with van der Waals surface area (Å²) in [7, 11) is 4.64. The molecule has 0 spiro atoms. The average Bonchev–Trinajstić information content (AvgIpc) is 3.34. The second-order valence-corrected chi connectivity index (χ2v) is 20.6. The predicted octanol–water partition coefficient (Wildman–Crippen LogP) is 7.24. The number of hydrogen-bond donors (Lipinski definition) is 2. The maximum Gasteiger partial charge on any atom is 0.329 e. The number of carbonyl (C=O) groups is 5. The lowest BCUT2D eigenvalue weighted by Gasteiger charge is -2.42. The fourth-order valence-electron chi connectivity index (χ4n) is 10.7. The molecule has 15 atom stereocenters. The Balaban J connectivity index is 1.68. The second kappa shape index (κ2) is 28.7. The van der Waals surface area contributed by atoms with Crippen LogP contribution in [0.15, 0.2) is 47.6 Å². The molecule has 1 amide bonds. The van der Waals surface area contributed by atoms with E-state index in [4.69, 9.17) is 33.2 Å². The lowest BCUT2D eigenvalue weighted by Crippen LogP contribution is -2.61. The zero-order valence-electron chi connectivity index (χ0n) is 44.1. The zero-order valence-corrected chi connectivity index (χ0v) is 44.1. The monoisotopic (exact) mass is 986 g/mol. The molecule has 2 saturated heterocycles. The van der Waals surface area contributed by atoms with Gasteiger partial charge in [0.15, 0.2) is 5.78 Å². The summed E-state index contributed by atoms with van der Waals surface area (Å²) >= 11 is 0. The number of amides is 1. The van der Waals surface area contributed by atoms with Crippen molar-refractivity contribution in [3.8, 4) is 0 Å². The molecule has 3 aliphatic heterocycles. The molecule has 2 N–H and O–H groups in total. The number of ether oxygens (including phenoxy) is 7. The van der Waals surface area contributed by atoms with Crippen LogP contribution in [0.4, 0.5) is 0 Å². The van der Waals surface area contributed by atoms with E-state index < -0.39 is 77.8 Å². The molecule has 4 rings (SSSR count). The van der Waals surface area contributed by atoms with Crippen LogP contribution >= 0.6 is 0 Å². The molecule has 2 bridgehead atoms. The molecule has 4 aliphatic rings. The average molecular weight is 986 g/mol. The van der Waals surface area contributed by atoms with Crippen LogP contribution in [0, 0.1) is 35.5 Å². The quantitative estimate of drug-likeness (QED) is 0.0911. The maximum atomic E-state index is 14.5. The SMILES string of the molecule is CCOCCO[C@@H]1CC[C@@H](C[C@@H](C)[C@@H]2CC(=O)[C@H](C)/C=C(\C)[C@@H](O)[C@@H](OC)C(=O)[C@H](C)C[C@H](C)/C=C/C=C/C=C(\C)C(OC)C[C@@H]3CC[C@@H](C)[C@@](O)(O3)C(=O)C(=O)N3CCCCC3C(=O)O2)C[C@H]1OC. The summed E-state index contributed by atoms with van der Waals surface area (Å²) in [5.41, 5.74) is 1.28. The number of cyclic esters (lactones) is 1. The van der Waals surface area contributed by atoms with Gasteiger partial charge in [-0.1, -0.05) is 71.1 Å². The second-order valence-electron chi connectivity index (χ2n) is 20.6. The number of aliphatic hydroxyl groups excluding tert-OH is 1. The Kier molecular flexibility index (Phi) is 24.3. The van der Waals surface area contributed by atoms with Gasteiger partial charge in [0.2, 0.25) is 5.79 Å². The van der Waals surface area contributed by atoms with Gasteiger partial charge in [0.1, 0.15) is 30.1 Å². The first-order valence-electron chi connectivity index (χ1n) is 26.0. The number of ketones is 3. The van der Waals surface area contributed by atoms with Gasteiger partial charge in [-0.2, -0.15) is 0 Å². The van der Waals surface area contributed by atoms with Gasteiger partial charge >= 0.3 is 5.97 Å². The molecule has 15 heteroatoms. The number of methoxy groups -OCH3 is 3. The van der Waals surface area contributed by atoms with Crippen molar-refractivity contribution in [2.75, 3.05) is 47.7 Å². The highest BCUT2D eigenvalue weighted by Gasteiger charge is 2.53. The van der Waals surface area contributed by atoms with Gasteiger partial charge < -0.3 is 48.3 Å². The Morgan fingerprint density at radius 1 is 0.843 bits per heavy atom. The highest BCUT2D eigenvalue weighted by atomic mass is 16.6. The van der Waals surface area contributed by atoms with Gasteiger partial charge in [-0.25, -0.2) is 4.79 Å². The highest BCUT2D eigenvalue weighted by Crippen LogP contribution is 2.38. The third-order valence-corrected chi connectivity index (χ3v) is 15.2. The minimum Gasteiger partial charge on any atom is -0.460 e. The summed E-state index contributed by atoms with van der Waals surface area (Å²) in [6, 6.07) is -1.14. The fraction of sp³-hybridized carbons (Fsp3) is 0.764. The topological polar surface area (TPSA) is 194 Å². The number of aliphatic hydroxyl groups is 2. The number of Topliss-reactive ketones (excluding diaryl/α,β-unsaturated/α-hetero) is 3. The fourth-order valence-corrected chi connectivity index (χ4v) is 10.7. The number of allylic oxidation sites excluding steroid dienone is 6. The molecule has 0 aromatic carbocycles. The zero-order chi connectivity index (χ0) is 51.7. The molecular weight excluding hydrogens is 899 g/mol. The van der Waals surface area contributed by atoms with E-state index >= 15 is 0 Å². The summed E-state index contributed by atoms with van der Waals surface area (Å²) < 4.78 is 41.5. The largest absolute Gasteiger partial charge is 0.460 e. The van der Waals surface area contributed by atoms with Gasteiger partial charge in [-0.3, -0.25) is 19.2 Å². The maximum absolute atomic E-state index is 14.5. The number of nitrogens with zero attached hydrogens (tertiary/aromatic N) is 1. The minimum absolute atomic E-state index is 0.0195. The molecule has 3 fully saturated rings. The first-order valence-corrected chi connectivity index (χ1v) is 26.0. The molecule has 0 aromatic rings. The van der Waals surface area contributed by atoms with Gasteiger partial charge in [0.25, 0.3) is 11.7 Å². The van der Waals surface area contributed by atoms with Crippen LogP contribution in [0.5, 0.6) is 0 Å². The number of esters is 1. The Morgan fingerprint density at radius 2 is 1.59 bits per heavy atom. The third-order valence-electron chi connectivity index (χ3n) is 15.2. The number of carbonyl (C=O) groups excluding carboxylic acids is 5. The van der Waals surface area contributed by atoms with E-state index in [1.807, 2.05) is 65.0 Å². The smallest absolute Gasteiger partial charge is 0.329 e. The first-order chi connectivity index (χ1) is 33.3.